The van der Waals surface area contributed by atoms with Crippen LogP contribution in [0.25, 0.3) is 0 Å². The van der Waals surface area contributed by atoms with E-state index in [4.69, 9.17) is 0 Å². The molecule has 1 aliphatic heterocycles. The number of piperidine rings is 1. The monoisotopic (exact) mass is 237 g/mol. The van der Waals surface area contributed by atoms with Gasteiger partial charge >= 0.3 is 0 Å². The van der Waals surface area contributed by atoms with E-state index >= 15 is 0 Å². The van der Waals surface area contributed by atoms with Crippen LogP contribution in [0.3, 0.4) is 0 Å². The maximum atomic E-state index is 10.1. The lowest BCUT2D eigenvalue weighted by atomic mass is 9.75. The Kier molecular flexibility index (Phi) is 3.01. The maximum absolute atomic E-state index is 10.1. The Balaban J connectivity index is 1.66. The van der Waals surface area contributed by atoms with Gasteiger partial charge in [-0.1, -0.05) is 6.42 Å². The van der Waals surface area contributed by atoms with Crippen molar-refractivity contribution >= 4 is 11.3 Å². The number of rotatable bonds is 2. The van der Waals surface area contributed by atoms with Crippen molar-refractivity contribution in [3.8, 4) is 0 Å². The highest BCUT2D eigenvalue weighted by molar-refractivity contribution is 7.07. The standard InChI is InChI=1S/C13H19NOS/c15-13-11-2-1-3-12(13)8-14(7-11)6-10-4-5-16-9-10/h4-5,9,11-13,15H,1-3,6-8H2. The van der Waals surface area contributed by atoms with Gasteiger partial charge in [0.05, 0.1) is 6.10 Å². The molecule has 1 aliphatic carbocycles. The molecule has 2 bridgehead atoms. The van der Waals surface area contributed by atoms with E-state index in [9.17, 15) is 5.11 Å². The largest absolute Gasteiger partial charge is 0.392 e. The lowest BCUT2D eigenvalue weighted by molar-refractivity contribution is -0.0516. The third-order valence-electron chi connectivity index (χ3n) is 4.09. The van der Waals surface area contributed by atoms with Crippen LogP contribution in [0, 0.1) is 11.8 Å². The Labute approximate surface area is 101 Å². The molecule has 16 heavy (non-hydrogen) atoms. The molecule has 1 aromatic rings. The van der Waals surface area contributed by atoms with Crippen LogP contribution in [-0.2, 0) is 6.54 Å². The molecule has 88 valence electrons. The van der Waals surface area contributed by atoms with E-state index in [-0.39, 0.29) is 6.10 Å². The molecule has 1 aromatic heterocycles. The highest BCUT2D eigenvalue weighted by Crippen LogP contribution is 2.35. The molecule has 2 aliphatic rings. The van der Waals surface area contributed by atoms with Crippen molar-refractivity contribution in [1.29, 1.82) is 0 Å². The minimum Gasteiger partial charge on any atom is -0.392 e. The summed E-state index contributed by atoms with van der Waals surface area (Å²) in [5.74, 6) is 1.07. The predicted molar refractivity (Wildman–Crippen MR) is 66.4 cm³/mol. The second kappa shape index (κ2) is 4.47. The second-order valence-electron chi connectivity index (χ2n) is 5.27. The van der Waals surface area contributed by atoms with Crippen LogP contribution < -0.4 is 0 Å². The molecule has 2 nitrogen and oxygen atoms in total. The summed E-state index contributed by atoms with van der Waals surface area (Å²) in [6.07, 6.45) is 3.74. The predicted octanol–water partition coefficient (Wildman–Crippen LogP) is 2.34. The summed E-state index contributed by atoms with van der Waals surface area (Å²) in [5.41, 5.74) is 1.43. The van der Waals surface area contributed by atoms with E-state index < -0.39 is 0 Å². The van der Waals surface area contributed by atoms with Crippen LogP contribution in [0.2, 0.25) is 0 Å². The van der Waals surface area contributed by atoms with E-state index in [2.05, 4.69) is 21.7 Å². The molecule has 2 fully saturated rings. The van der Waals surface area contributed by atoms with Crippen molar-refractivity contribution < 1.29 is 5.11 Å². The maximum Gasteiger partial charge on any atom is 0.0620 e. The molecule has 1 N–H and O–H groups in total. The molecule has 2 heterocycles. The Bertz CT molecular complexity index is 324. The smallest absolute Gasteiger partial charge is 0.0620 e. The molecule has 0 aromatic carbocycles. The minimum atomic E-state index is -0.0209. The van der Waals surface area contributed by atoms with Crippen molar-refractivity contribution in [3.05, 3.63) is 22.4 Å². The molecule has 2 unspecified atom stereocenters. The van der Waals surface area contributed by atoms with Crippen molar-refractivity contribution in [2.24, 2.45) is 11.8 Å². The Hall–Kier alpha value is -0.380. The molecule has 0 amide bonds. The van der Waals surface area contributed by atoms with E-state index in [0.29, 0.717) is 11.8 Å². The first-order valence-corrected chi connectivity index (χ1v) is 7.18. The van der Waals surface area contributed by atoms with Gasteiger partial charge in [-0.15, -0.1) is 0 Å². The van der Waals surface area contributed by atoms with E-state index in [1.165, 1.54) is 24.8 Å². The fraction of sp³-hybridized carbons (Fsp3) is 0.692. The number of aliphatic hydroxyl groups excluding tert-OH is 1. The normalized spacial score (nSPS) is 35.2. The van der Waals surface area contributed by atoms with Crippen molar-refractivity contribution in [1.82, 2.24) is 4.90 Å². The molecule has 3 rings (SSSR count). The van der Waals surface area contributed by atoms with Gasteiger partial charge in [-0.05, 0) is 47.1 Å². The molecule has 1 saturated carbocycles. The van der Waals surface area contributed by atoms with Gasteiger partial charge in [-0.3, -0.25) is 4.90 Å². The Morgan fingerprint density at radius 2 is 2.06 bits per heavy atom. The van der Waals surface area contributed by atoms with E-state index in [0.717, 1.165) is 19.6 Å². The molecule has 1 saturated heterocycles. The average Bonchev–Trinajstić information content (AvgIpc) is 2.72. The molecule has 0 spiro atoms. The highest BCUT2D eigenvalue weighted by atomic mass is 32.1. The zero-order valence-electron chi connectivity index (χ0n) is 9.51. The fourth-order valence-corrected chi connectivity index (χ4v) is 3.93. The lowest BCUT2D eigenvalue weighted by Gasteiger charge is -2.45. The summed E-state index contributed by atoms with van der Waals surface area (Å²) in [6, 6.07) is 2.21. The van der Waals surface area contributed by atoms with Gasteiger partial charge in [0.2, 0.25) is 0 Å². The molecule has 0 radical (unpaired) electrons. The number of nitrogens with zero attached hydrogens (tertiary/aromatic N) is 1. The van der Waals surface area contributed by atoms with E-state index in [1.54, 1.807) is 11.3 Å². The Morgan fingerprint density at radius 3 is 2.69 bits per heavy atom. The first kappa shape index (κ1) is 10.8. The quantitative estimate of drug-likeness (QED) is 0.853. The fourth-order valence-electron chi connectivity index (χ4n) is 3.27. The molecular weight excluding hydrogens is 218 g/mol. The number of likely N-dealkylation sites (tertiary alicyclic amines) is 1. The second-order valence-corrected chi connectivity index (χ2v) is 6.05. The highest BCUT2D eigenvalue weighted by Gasteiger charge is 2.37. The van der Waals surface area contributed by atoms with Gasteiger partial charge in [0.25, 0.3) is 0 Å². The molecule has 2 atom stereocenters. The van der Waals surface area contributed by atoms with Crippen LogP contribution in [0.1, 0.15) is 24.8 Å². The number of hydrogen-bond donors (Lipinski definition) is 1. The third kappa shape index (κ3) is 2.04. The van der Waals surface area contributed by atoms with Crippen LogP contribution >= 0.6 is 11.3 Å². The molecular formula is C13H19NOS. The van der Waals surface area contributed by atoms with Crippen molar-refractivity contribution in [3.63, 3.8) is 0 Å². The van der Waals surface area contributed by atoms with Crippen molar-refractivity contribution in [2.45, 2.75) is 31.9 Å². The summed E-state index contributed by atoms with van der Waals surface area (Å²) in [6.45, 7) is 3.25. The minimum absolute atomic E-state index is 0.0209. The van der Waals surface area contributed by atoms with Gasteiger partial charge in [-0.2, -0.15) is 11.3 Å². The van der Waals surface area contributed by atoms with Gasteiger partial charge < -0.3 is 5.11 Å². The number of aliphatic hydroxyl groups is 1. The lowest BCUT2D eigenvalue weighted by Crippen LogP contribution is -2.50. The third-order valence-corrected chi connectivity index (χ3v) is 4.82. The van der Waals surface area contributed by atoms with Crippen LogP contribution in [0.15, 0.2) is 16.8 Å². The van der Waals surface area contributed by atoms with Crippen molar-refractivity contribution in [2.75, 3.05) is 13.1 Å². The zero-order valence-corrected chi connectivity index (χ0v) is 10.3. The van der Waals surface area contributed by atoms with Crippen LogP contribution in [0.4, 0.5) is 0 Å². The summed E-state index contributed by atoms with van der Waals surface area (Å²) in [4.78, 5) is 2.53. The van der Waals surface area contributed by atoms with E-state index in [1.807, 2.05) is 0 Å². The van der Waals surface area contributed by atoms with Gasteiger partial charge in [0, 0.05) is 19.6 Å². The number of thiophene rings is 1. The summed E-state index contributed by atoms with van der Waals surface area (Å²) >= 11 is 1.77. The zero-order chi connectivity index (χ0) is 11.0. The number of hydrogen-bond acceptors (Lipinski definition) is 3. The first-order chi connectivity index (χ1) is 7.83. The molecule has 3 heteroatoms. The SMILES string of the molecule is OC1C2CCCC1CN(Cc1ccsc1)C2. The van der Waals surface area contributed by atoms with Gasteiger partial charge in [-0.25, -0.2) is 0 Å². The Morgan fingerprint density at radius 1 is 1.31 bits per heavy atom. The topological polar surface area (TPSA) is 23.5 Å². The van der Waals surface area contributed by atoms with Gasteiger partial charge in [0.15, 0.2) is 0 Å². The van der Waals surface area contributed by atoms with Gasteiger partial charge in [0.1, 0.15) is 0 Å². The first-order valence-electron chi connectivity index (χ1n) is 6.24. The summed E-state index contributed by atoms with van der Waals surface area (Å²) in [5, 5.41) is 14.5. The summed E-state index contributed by atoms with van der Waals surface area (Å²) < 4.78 is 0. The van der Waals surface area contributed by atoms with Crippen LogP contribution in [0.5, 0.6) is 0 Å². The average molecular weight is 237 g/mol. The number of fused-ring (bicyclic) bond motifs is 2. The van der Waals surface area contributed by atoms with Crippen LogP contribution in [-0.4, -0.2) is 29.2 Å². The summed E-state index contributed by atoms with van der Waals surface area (Å²) in [7, 11) is 0.